The zero-order valence-corrected chi connectivity index (χ0v) is 80.5. The molecule has 0 saturated heterocycles. The van der Waals surface area contributed by atoms with Crippen LogP contribution in [0.25, 0.3) is 91.0 Å². The lowest BCUT2D eigenvalue weighted by Gasteiger charge is -2.19. The fourth-order valence-electron chi connectivity index (χ4n) is 12.3. The zero-order chi connectivity index (χ0) is 97.1. The van der Waals surface area contributed by atoms with Crippen LogP contribution in [0.4, 0.5) is 17.3 Å². The first kappa shape index (κ1) is 105. The number of halogens is 5. The number of fused-ring (bicyclic) bond motifs is 5. The number of nitrogens with two attached hydrogens (primary N) is 3. The van der Waals surface area contributed by atoms with E-state index in [2.05, 4.69) is 80.6 Å². The van der Waals surface area contributed by atoms with Crippen LogP contribution in [0.1, 0.15) is 167 Å². The summed E-state index contributed by atoms with van der Waals surface area (Å²) in [5.41, 5.74) is 30.1. The number of hydrogen-bond acceptors (Lipinski definition) is 21. The number of aryl methyl sites for hydroxylation is 8. The van der Waals surface area contributed by atoms with Gasteiger partial charge in [-0.05, 0) is 273 Å². The molecule has 15 aromatic rings. The second-order valence-corrected chi connectivity index (χ2v) is 34.8. The van der Waals surface area contributed by atoms with Crippen molar-refractivity contribution in [1.29, 1.82) is 0 Å². The van der Waals surface area contributed by atoms with E-state index in [1.165, 1.54) is 5.56 Å². The van der Waals surface area contributed by atoms with Gasteiger partial charge in [-0.3, -0.25) is 24.0 Å². The van der Waals surface area contributed by atoms with Crippen molar-refractivity contribution in [2.24, 2.45) is 11.5 Å². The van der Waals surface area contributed by atoms with Crippen LogP contribution in [0.2, 0.25) is 25.2 Å². The number of nitrogens with one attached hydrogen (secondary N) is 4. The maximum absolute atomic E-state index is 11.9. The first-order chi connectivity index (χ1) is 63.2. The molecule has 0 radical (unpaired) electrons. The topological polar surface area (TPSA) is 378 Å². The summed E-state index contributed by atoms with van der Waals surface area (Å²) in [5.74, 6) is 3.40. The molecule has 10 aromatic carbocycles. The number of rotatable bonds is 19. The van der Waals surface area contributed by atoms with Crippen molar-refractivity contribution < 1.29 is 33.8 Å². The van der Waals surface area contributed by atoms with Gasteiger partial charge >= 0.3 is 17.9 Å². The number of aldehydes is 1. The van der Waals surface area contributed by atoms with Gasteiger partial charge in [0, 0.05) is 80.0 Å². The van der Waals surface area contributed by atoms with Crippen LogP contribution >= 0.6 is 58.0 Å². The van der Waals surface area contributed by atoms with E-state index in [0.717, 1.165) is 111 Å². The summed E-state index contributed by atoms with van der Waals surface area (Å²) in [7, 11) is 0. The van der Waals surface area contributed by atoms with E-state index in [1.54, 1.807) is 56.3 Å². The number of aromatic nitrogens is 10. The number of aromatic amines is 2. The molecule has 24 nitrogen and oxygen atoms in total. The van der Waals surface area contributed by atoms with Crippen molar-refractivity contribution in [2.75, 3.05) is 42.5 Å². The summed E-state index contributed by atoms with van der Waals surface area (Å²) in [6, 6.07) is 64.0. The van der Waals surface area contributed by atoms with Crippen LogP contribution in [0.5, 0.6) is 0 Å². The minimum absolute atomic E-state index is 0.0637. The number of ether oxygens (including phenoxy) is 2. The molecule has 0 atom stereocenters. The van der Waals surface area contributed by atoms with Crippen LogP contribution < -0.4 is 39.0 Å². The van der Waals surface area contributed by atoms with Crippen molar-refractivity contribution >= 4 is 190 Å². The molecule has 15 rings (SSSR count). The van der Waals surface area contributed by atoms with E-state index in [9.17, 15) is 28.8 Å². The lowest BCUT2D eigenvalue weighted by molar-refractivity contribution is -0.156. The van der Waals surface area contributed by atoms with Gasteiger partial charge in [0.15, 0.2) is 17.5 Å². The van der Waals surface area contributed by atoms with Crippen molar-refractivity contribution in [2.45, 2.75) is 134 Å². The predicted octanol–water partition coefficient (Wildman–Crippen LogP) is 23.4. The average molecular weight is 1890 g/mol. The molecule has 5 aromatic heterocycles. The molecule has 0 bridgehead atoms. The van der Waals surface area contributed by atoms with Gasteiger partial charge in [-0.2, -0.15) is 0 Å². The van der Waals surface area contributed by atoms with E-state index in [1.807, 2.05) is 258 Å². The van der Waals surface area contributed by atoms with Crippen molar-refractivity contribution in [1.82, 2.24) is 49.8 Å². The molecule has 5 heterocycles. The van der Waals surface area contributed by atoms with Crippen LogP contribution in [-0.2, 0) is 19.1 Å². The Morgan fingerprint density at radius 3 is 1.05 bits per heavy atom. The molecule has 0 aliphatic rings. The van der Waals surface area contributed by atoms with Crippen LogP contribution in [0, 0.1) is 55.4 Å². The molecule has 690 valence electrons. The fourth-order valence-corrected chi connectivity index (χ4v) is 13.0. The van der Waals surface area contributed by atoms with Gasteiger partial charge in [-0.25, -0.2) is 44.7 Å². The zero-order valence-electron chi connectivity index (χ0n) is 76.7. The third kappa shape index (κ3) is 36.3. The average Bonchev–Trinajstić information content (AvgIpc) is 0.815. The number of carbonyl (C=O) groups is 4. The minimum atomic E-state index is -0.980. The number of carbonyl (C=O) groups excluding carboxylic acids is 3. The van der Waals surface area contributed by atoms with Gasteiger partial charge in [0.2, 0.25) is 0 Å². The molecule has 0 spiro atoms. The monoisotopic (exact) mass is 1890 g/mol. The number of carboxylic acids is 1. The lowest BCUT2D eigenvalue weighted by atomic mass is 10.1. The van der Waals surface area contributed by atoms with E-state index < -0.39 is 11.6 Å². The standard InChI is InChI=1S/C25H28ClN3O2.C19H19ClN4.C17H12Cl2N2.2C10H10N2O.C8H9NO2.C8H17NO2.C7H5ClO/c1-17-7-13-21-20(16-17)24(27-15-5-6-23(30)31-25(2,3)4)29-22(28-21)14-10-18-8-11-19(26)12-9-18;1-13-2-8-17-16(12-13)19(22-11-10-21)24-18(23-17)9-5-14-3-6-15(20)7-4-14;1-11-2-8-15-14(10-11)17(19)21-16(20-15)9-5-12-3-6-13(18)7-4-12;2*1-6-3-4-9-8(5-6)10(13)12-7(2)11-9;1-5-2-3-7(9)6(4-5)8(10)11;1-8(2,3)11-7(10)5-4-6-9;8-7-3-1-6(5-9)2-4-7/h7-14,16H,5-6,15H2,1-4H3,(H,27,28,29);2-9,12H,10-11,21H2,1H3,(H,22,23,24);2-10H,1H3;2*3-5H,1-2H3,(H,11,12,13);2-4H,9H2,1H3,(H,10,11);4-6,9H2,1-3H3;1-5H/b14-10+;2*9-5+;;;;;. The van der Waals surface area contributed by atoms with E-state index >= 15 is 0 Å². The highest BCUT2D eigenvalue weighted by atomic mass is 35.5. The second kappa shape index (κ2) is 51.4. The number of esters is 2. The summed E-state index contributed by atoms with van der Waals surface area (Å²) in [6.45, 7) is 29.0. The first-order valence-electron chi connectivity index (χ1n) is 42.6. The quantitative estimate of drug-likeness (QED) is 0.0123. The Hall–Kier alpha value is -13.4. The summed E-state index contributed by atoms with van der Waals surface area (Å²) in [6.07, 6.45) is 14.4. The number of anilines is 3. The summed E-state index contributed by atoms with van der Waals surface area (Å²) < 4.78 is 10.4. The molecule has 0 aliphatic carbocycles. The highest BCUT2D eigenvalue weighted by molar-refractivity contribution is 6.34. The van der Waals surface area contributed by atoms with Crippen LogP contribution in [0.3, 0.4) is 0 Å². The van der Waals surface area contributed by atoms with Gasteiger partial charge in [0.25, 0.3) is 11.1 Å². The Balaban J connectivity index is 0.000000194. The number of aromatic carboxylic acids is 1. The smallest absolute Gasteiger partial charge is 0.337 e. The molecular weight excluding hydrogens is 1780 g/mol. The van der Waals surface area contributed by atoms with E-state index in [0.29, 0.717) is 123 Å². The fraction of sp³-hybridized carbons (Fsp3) is 0.231. The maximum Gasteiger partial charge on any atom is 0.337 e. The third-order valence-corrected chi connectivity index (χ3v) is 19.9. The number of nitrogens with zero attached hydrogens (tertiary/aromatic N) is 8. The Labute approximate surface area is 799 Å². The van der Waals surface area contributed by atoms with Gasteiger partial charge in [-0.15, -0.1) is 0 Å². The number of nitrogen functional groups attached to an aromatic ring is 1. The minimum Gasteiger partial charge on any atom is -0.478 e. The number of benzene rings is 10. The number of H-pyrrole nitrogens is 2. The number of carboxylic acid groups (broad SMARTS) is 1. The van der Waals surface area contributed by atoms with Crippen LogP contribution in [0.15, 0.2) is 216 Å². The third-order valence-electron chi connectivity index (χ3n) is 18.6. The molecule has 0 unspecified atom stereocenters. The SMILES string of the molecule is CC(C)(C)OC(=O)CCCN.Cc1ccc(N)c(C(=O)O)c1.Cc1ccc2nc(/C=C/c3ccc(Cl)cc3)nc(Cl)c2c1.Cc1ccc2nc(/C=C/c3ccc(Cl)cc3)nc(NCCCC(=O)OC(C)(C)C)c2c1.Cc1ccc2nc(/C=C/c3ccc(Cl)cc3)nc(NCCN)c2c1.Cc1ccc2nc(C)[nH]c(=O)c2c1.Cc1ccc2nc(C)[nH]c(=O)c2c1.O=Cc1ccc(Cl)cc1. The Bertz CT molecular complexity index is 6630. The van der Waals surface area contributed by atoms with E-state index in [4.69, 9.17) is 94.8 Å². The van der Waals surface area contributed by atoms with Crippen molar-refractivity contribution in [3.8, 4) is 0 Å². The second-order valence-electron chi connectivity index (χ2n) is 32.7. The Morgan fingerprint density at radius 2 is 0.699 bits per heavy atom. The molecule has 0 saturated carbocycles. The predicted molar refractivity (Wildman–Crippen MR) is 547 cm³/mol. The molecule has 0 amide bonds. The lowest BCUT2D eigenvalue weighted by Crippen LogP contribution is -2.24. The molecule has 29 heteroatoms. The van der Waals surface area contributed by atoms with E-state index in [-0.39, 0.29) is 34.2 Å². The number of hydrogen-bond donors (Lipinski definition) is 8. The summed E-state index contributed by atoms with van der Waals surface area (Å²) in [4.78, 5) is 108. The van der Waals surface area contributed by atoms with Crippen LogP contribution in [-0.4, -0.2) is 117 Å². The summed E-state index contributed by atoms with van der Waals surface area (Å²) in [5, 5.41) is 22.7. The van der Waals surface area contributed by atoms with Crippen molar-refractivity contribution in [3.05, 3.63) is 343 Å². The summed E-state index contributed by atoms with van der Waals surface area (Å²) >= 11 is 29.5. The first-order valence-corrected chi connectivity index (χ1v) is 44.5. The van der Waals surface area contributed by atoms with Gasteiger partial charge in [-0.1, -0.05) is 195 Å². The highest BCUT2D eigenvalue weighted by Gasteiger charge is 2.18. The van der Waals surface area contributed by atoms with Gasteiger partial charge in [0.05, 0.1) is 43.9 Å². The Kier molecular flexibility index (Phi) is 40.6. The maximum atomic E-state index is 11.9. The Morgan fingerprint density at radius 1 is 0.383 bits per heavy atom. The molecule has 0 aliphatic heterocycles. The highest BCUT2D eigenvalue weighted by Crippen LogP contribution is 2.28. The molecular formula is C104H110Cl5N15O9. The largest absolute Gasteiger partial charge is 0.478 e. The molecule has 133 heavy (non-hydrogen) atoms. The molecule has 11 N–H and O–H groups in total. The normalized spacial score (nSPS) is 11.0. The molecule has 0 fully saturated rings. The van der Waals surface area contributed by atoms with Gasteiger partial charge < -0.3 is 52.4 Å². The van der Waals surface area contributed by atoms with Crippen molar-refractivity contribution in [3.63, 3.8) is 0 Å². The van der Waals surface area contributed by atoms with Gasteiger partial charge in [0.1, 0.15) is 45.9 Å².